The average Bonchev–Trinajstić information content (AvgIpc) is 3.66. The van der Waals surface area contributed by atoms with Gasteiger partial charge in [-0.15, -0.1) is 0 Å². The summed E-state index contributed by atoms with van der Waals surface area (Å²) < 4.78 is 25.1. The molecule has 3 aromatic rings. The fourth-order valence-electron chi connectivity index (χ4n) is 8.14. The number of benzene rings is 3. The van der Waals surface area contributed by atoms with Gasteiger partial charge in [-0.3, -0.25) is 19.4 Å². The van der Waals surface area contributed by atoms with Gasteiger partial charge in [-0.05, 0) is 144 Å². The van der Waals surface area contributed by atoms with Crippen molar-refractivity contribution in [2.75, 3.05) is 28.6 Å². The number of piperidine rings is 1. The van der Waals surface area contributed by atoms with Crippen molar-refractivity contribution < 1.29 is 33.0 Å². The number of nitrogens with one attached hydrogen (secondary N) is 2. The number of anilines is 3. The molecule has 2 heterocycles. The monoisotopic (exact) mass is 753 g/mol. The van der Waals surface area contributed by atoms with E-state index in [2.05, 4.69) is 15.5 Å². The Hall–Kier alpha value is -5.13. The number of amides is 4. The Labute approximate surface area is 322 Å². The smallest absolute Gasteiger partial charge is 0.410 e. The van der Waals surface area contributed by atoms with Crippen LogP contribution in [0.25, 0.3) is 0 Å². The first kappa shape index (κ1) is 38.2. The molecule has 0 spiro atoms. The molecule has 0 bridgehead atoms. The summed E-state index contributed by atoms with van der Waals surface area (Å²) in [4.78, 5) is 58.2. The maximum atomic E-state index is 13.9. The summed E-state index contributed by atoms with van der Waals surface area (Å²) in [5.41, 5.74) is 2.76. The van der Waals surface area contributed by atoms with Crippen molar-refractivity contribution in [3.8, 4) is 0 Å². The first-order valence-corrected chi connectivity index (χ1v) is 19.3. The van der Waals surface area contributed by atoms with Crippen molar-refractivity contribution in [2.45, 2.75) is 97.2 Å². The van der Waals surface area contributed by atoms with Gasteiger partial charge in [0.15, 0.2) is 0 Å². The number of hydrogen-bond donors (Lipinski definition) is 2. The van der Waals surface area contributed by atoms with Crippen LogP contribution in [0.2, 0.25) is 0 Å². The van der Waals surface area contributed by atoms with Crippen LogP contribution in [0.15, 0.2) is 72.8 Å². The van der Waals surface area contributed by atoms with Crippen LogP contribution in [0.3, 0.4) is 0 Å². The van der Waals surface area contributed by atoms with E-state index in [1.165, 1.54) is 12.1 Å². The maximum absolute atomic E-state index is 13.9. The van der Waals surface area contributed by atoms with Crippen molar-refractivity contribution in [3.63, 3.8) is 0 Å². The summed E-state index contributed by atoms with van der Waals surface area (Å²) in [5.74, 6) is 0.186. The Morgan fingerprint density at radius 3 is 1.55 bits per heavy atom. The number of rotatable bonds is 9. The molecule has 11 nitrogen and oxygen atoms in total. The van der Waals surface area contributed by atoms with Crippen molar-refractivity contribution in [2.24, 2.45) is 23.7 Å². The fourth-order valence-corrected chi connectivity index (χ4v) is 8.14. The van der Waals surface area contributed by atoms with Crippen LogP contribution in [0.4, 0.5) is 31.0 Å². The molecule has 0 unspecified atom stereocenters. The molecule has 12 heteroatoms. The van der Waals surface area contributed by atoms with Crippen LogP contribution < -0.4 is 15.5 Å². The molecular weight excluding hydrogens is 702 g/mol. The summed E-state index contributed by atoms with van der Waals surface area (Å²) in [6, 6.07) is 20.4. The molecule has 2 aliphatic heterocycles. The van der Waals surface area contributed by atoms with Gasteiger partial charge in [0.1, 0.15) is 29.1 Å². The lowest BCUT2D eigenvalue weighted by Crippen LogP contribution is -2.48. The van der Waals surface area contributed by atoms with Gasteiger partial charge < -0.3 is 25.0 Å². The highest BCUT2D eigenvalue weighted by Gasteiger charge is 2.58. The highest BCUT2D eigenvalue weighted by Crippen LogP contribution is 2.50. The van der Waals surface area contributed by atoms with Crippen molar-refractivity contribution in [1.29, 1.82) is 0 Å². The first-order valence-electron chi connectivity index (χ1n) is 19.3. The number of halogens is 1. The molecule has 6 atom stereocenters. The van der Waals surface area contributed by atoms with Crippen LogP contribution in [0.5, 0.6) is 0 Å². The van der Waals surface area contributed by atoms with Crippen LogP contribution in [-0.4, -0.2) is 70.2 Å². The molecule has 2 saturated carbocycles. The Balaban J connectivity index is 0.991. The molecule has 0 radical (unpaired) electrons. The van der Waals surface area contributed by atoms with Gasteiger partial charge in [-0.25, -0.2) is 14.0 Å². The second-order valence-electron chi connectivity index (χ2n) is 17.5. The van der Waals surface area contributed by atoms with Gasteiger partial charge in [0.25, 0.3) is 0 Å². The third kappa shape index (κ3) is 8.89. The predicted molar refractivity (Wildman–Crippen MR) is 208 cm³/mol. The molecule has 3 aromatic carbocycles. The van der Waals surface area contributed by atoms with Crippen molar-refractivity contribution >= 4 is 41.1 Å². The minimum atomic E-state index is -0.651. The Morgan fingerprint density at radius 2 is 1.11 bits per heavy atom. The van der Waals surface area contributed by atoms with Gasteiger partial charge in [0.05, 0.1) is 0 Å². The van der Waals surface area contributed by atoms with E-state index in [9.17, 15) is 23.6 Å². The average molecular weight is 754 g/mol. The van der Waals surface area contributed by atoms with E-state index in [1.54, 1.807) is 21.9 Å². The molecular formula is C43H52FN5O6. The third-order valence-electron chi connectivity index (χ3n) is 11.0. The number of carbonyl (C=O) groups is 4. The Bertz CT molecular complexity index is 1910. The highest BCUT2D eigenvalue weighted by molar-refractivity contribution is 5.98. The van der Waals surface area contributed by atoms with Crippen LogP contribution >= 0.6 is 0 Å². The highest BCUT2D eigenvalue weighted by atomic mass is 19.1. The molecule has 2 aliphatic carbocycles. The minimum Gasteiger partial charge on any atom is -0.444 e. The quantitative estimate of drug-likeness (QED) is 0.229. The largest absolute Gasteiger partial charge is 0.444 e. The molecule has 2 saturated heterocycles. The van der Waals surface area contributed by atoms with Crippen molar-refractivity contribution in [3.05, 3.63) is 89.7 Å². The predicted octanol–water partition coefficient (Wildman–Crippen LogP) is 7.81. The van der Waals surface area contributed by atoms with Crippen LogP contribution in [0, 0.1) is 29.5 Å². The van der Waals surface area contributed by atoms with Gasteiger partial charge in [0.2, 0.25) is 11.8 Å². The summed E-state index contributed by atoms with van der Waals surface area (Å²) in [7, 11) is 0. The van der Waals surface area contributed by atoms with Crippen LogP contribution in [-0.2, 0) is 32.2 Å². The van der Waals surface area contributed by atoms with Gasteiger partial charge in [-0.2, -0.15) is 0 Å². The second-order valence-corrected chi connectivity index (χ2v) is 17.5. The van der Waals surface area contributed by atoms with Crippen LogP contribution in [0.1, 0.15) is 71.9 Å². The zero-order chi connectivity index (χ0) is 39.2. The SMILES string of the molecule is CC(C)(C)OC(=O)N1C[C@@H]2CC[C@@H]2[C@H]1C(=O)Nc1ccc(CN(Cc2ccc(NC(=O)[C@@H]3[C@H]4C[C@H]4CN3C(=O)OC(C)(C)C)cc2)c2ccc(F)cc2)cc1. The topological polar surface area (TPSA) is 121 Å². The second kappa shape index (κ2) is 14.8. The van der Waals surface area contributed by atoms with Gasteiger partial charge in [-0.1, -0.05) is 24.3 Å². The lowest BCUT2D eigenvalue weighted by Gasteiger charge is -2.33. The molecule has 2 N–H and O–H groups in total. The molecule has 4 aliphatic rings. The molecule has 4 amide bonds. The molecule has 55 heavy (non-hydrogen) atoms. The normalized spacial score (nSPS) is 23.9. The first-order chi connectivity index (χ1) is 26.0. The van der Waals surface area contributed by atoms with E-state index >= 15 is 0 Å². The minimum absolute atomic E-state index is 0.133. The van der Waals surface area contributed by atoms with E-state index in [0.29, 0.717) is 49.4 Å². The lowest BCUT2D eigenvalue weighted by atomic mass is 9.73. The summed E-state index contributed by atoms with van der Waals surface area (Å²) in [6.07, 6.45) is 1.93. The number of likely N-dealkylation sites (tertiary alicyclic amines) is 2. The summed E-state index contributed by atoms with van der Waals surface area (Å²) >= 11 is 0. The van der Waals surface area contributed by atoms with Gasteiger partial charge in [0, 0.05) is 43.2 Å². The third-order valence-corrected chi connectivity index (χ3v) is 11.0. The zero-order valence-electron chi connectivity index (χ0n) is 32.5. The van der Waals surface area contributed by atoms with Crippen molar-refractivity contribution in [1.82, 2.24) is 9.80 Å². The van der Waals surface area contributed by atoms with Gasteiger partial charge >= 0.3 is 12.2 Å². The van der Waals surface area contributed by atoms with E-state index in [1.807, 2.05) is 90.1 Å². The molecule has 0 aromatic heterocycles. The fraction of sp³-hybridized carbons (Fsp3) is 0.488. The molecule has 7 rings (SSSR count). The molecule has 4 fully saturated rings. The van der Waals surface area contributed by atoms with E-state index < -0.39 is 35.5 Å². The number of carbonyl (C=O) groups excluding carboxylic acids is 4. The lowest BCUT2D eigenvalue weighted by molar-refractivity contribution is -0.122. The zero-order valence-corrected chi connectivity index (χ0v) is 32.5. The number of nitrogens with zero attached hydrogens (tertiary/aromatic N) is 3. The number of fused-ring (bicyclic) bond motifs is 2. The number of ether oxygens (including phenoxy) is 2. The summed E-state index contributed by atoms with van der Waals surface area (Å²) in [6.45, 7) is 13.0. The summed E-state index contributed by atoms with van der Waals surface area (Å²) in [5, 5.41) is 6.04. The van der Waals surface area contributed by atoms with E-state index in [-0.39, 0.29) is 29.5 Å². The maximum Gasteiger partial charge on any atom is 0.410 e. The number of hydrogen-bond acceptors (Lipinski definition) is 7. The standard InChI is InChI=1S/C43H52FN5O6/c1-42(2,3)54-40(52)48-24-28-11-20-34(28)36(48)38(50)45-31-14-7-26(8-15-31)22-47(33-18-12-30(44)13-19-33)23-27-9-16-32(17-10-27)46-39(51)37-35-21-29(35)25-49(37)41(53)55-43(4,5)6/h7-10,12-19,28-29,34-37H,11,20-25H2,1-6H3,(H,45,50)(H,46,51)/t28-,29-,34-,35-,36-,37-/m0/s1. The van der Waals surface area contributed by atoms with E-state index in [4.69, 9.17) is 9.47 Å². The Kier molecular flexibility index (Phi) is 10.3. The Morgan fingerprint density at radius 1 is 0.655 bits per heavy atom. The van der Waals surface area contributed by atoms with E-state index in [0.717, 1.165) is 36.1 Å². The molecule has 292 valence electrons.